The van der Waals surface area contributed by atoms with E-state index in [2.05, 4.69) is 0 Å². The second-order valence-electron chi connectivity index (χ2n) is 9.20. The lowest BCUT2D eigenvalue weighted by Gasteiger charge is -2.20. The number of ether oxygens (including phenoxy) is 3. The largest absolute Gasteiger partial charge is 0.497 e. The van der Waals surface area contributed by atoms with Crippen LogP contribution in [0, 0.1) is 11.7 Å². The Hall–Kier alpha value is -3.07. The Bertz CT molecular complexity index is 1250. The van der Waals surface area contributed by atoms with E-state index in [4.69, 9.17) is 14.2 Å². The molecule has 37 heavy (non-hydrogen) atoms. The van der Waals surface area contributed by atoms with Crippen LogP contribution in [-0.2, 0) is 16.1 Å². The molecule has 1 saturated carbocycles. The van der Waals surface area contributed by atoms with Crippen LogP contribution in [-0.4, -0.2) is 26.4 Å². The monoisotopic (exact) mass is 536 g/mol. The van der Waals surface area contributed by atoms with Crippen molar-refractivity contribution in [2.24, 2.45) is 5.92 Å². The highest BCUT2D eigenvalue weighted by Gasteiger charge is 2.40. The van der Waals surface area contributed by atoms with Gasteiger partial charge in [0.25, 0.3) is 0 Å². The molecule has 1 aliphatic rings. The van der Waals surface area contributed by atoms with Crippen LogP contribution < -0.4 is 9.47 Å². The van der Waals surface area contributed by atoms with Gasteiger partial charge in [0.15, 0.2) is 0 Å². The van der Waals surface area contributed by atoms with Crippen molar-refractivity contribution in [2.75, 3.05) is 14.2 Å². The number of rotatable bonds is 10. The SMILES string of the molecule is COC(=O)C[C@H](c1cccc(OCc2csc(-c3cc(OC)ccc3F)c2C(C)C(F)(F)F)c1)C1CC1. The third-order valence-electron chi connectivity index (χ3n) is 6.74. The molecule has 0 saturated heterocycles. The first-order chi connectivity index (χ1) is 17.6. The van der Waals surface area contributed by atoms with Crippen molar-refractivity contribution in [3.05, 3.63) is 70.4 Å². The summed E-state index contributed by atoms with van der Waals surface area (Å²) >= 11 is 1.04. The molecule has 1 aromatic heterocycles. The molecule has 1 heterocycles. The van der Waals surface area contributed by atoms with Crippen LogP contribution in [0.1, 0.15) is 54.7 Å². The molecule has 2 aromatic carbocycles. The fourth-order valence-corrected chi connectivity index (χ4v) is 5.65. The molecule has 0 N–H and O–H groups in total. The van der Waals surface area contributed by atoms with Crippen LogP contribution in [0.2, 0.25) is 0 Å². The third kappa shape index (κ3) is 6.26. The standard InChI is InChI=1S/C28H28F4O4S/c1-16(28(30,31)32)26-19(15-37-27(26)23-12-20(34-2)9-10-24(23)29)14-36-21-6-4-5-18(11-21)22(17-7-8-17)13-25(33)35-3/h4-6,9-12,15-17,22H,7-8,13-14H2,1-3H3/t16?,22-/m0/s1. The zero-order valence-corrected chi connectivity index (χ0v) is 21.5. The molecule has 3 aromatic rings. The van der Waals surface area contributed by atoms with E-state index in [0.717, 1.165) is 36.7 Å². The molecule has 1 aliphatic carbocycles. The van der Waals surface area contributed by atoms with E-state index in [1.165, 1.54) is 32.4 Å². The van der Waals surface area contributed by atoms with Gasteiger partial charge in [0.1, 0.15) is 23.9 Å². The highest BCUT2D eigenvalue weighted by Crippen LogP contribution is 2.47. The maximum Gasteiger partial charge on any atom is 0.395 e. The fourth-order valence-electron chi connectivity index (χ4n) is 4.48. The molecule has 0 radical (unpaired) electrons. The molecule has 0 aliphatic heterocycles. The van der Waals surface area contributed by atoms with Gasteiger partial charge in [-0.15, -0.1) is 11.3 Å². The maximum atomic E-state index is 14.7. The van der Waals surface area contributed by atoms with Crippen LogP contribution in [0.4, 0.5) is 17.6 Å². The predicted molar refractivity (Wildman–Crippen MR) is 134 cm³/mol. The first-order valence-electron chi connectivity index (χ1n) is 11.9. The number of alkyl halides is 3. The number of halogens is 4. The number of carbonyl (C=O) groups excluding carboxylic acids is 1. The van der Waals surface area contributed by atoms with E-state index in [1.54, 1.807) is 17.5 Å². The van der Waals surface area contributed by atoms with Gasteiger partial charge in [-0.05, 0) is 78.4 Å². The van der Waals surface area contributed by atoms with Crippen molar-refractivity contribution in [1.29, 1.82) is 0 Å². The highest BCUT2D eigenvalue weighted by molar-refractivity contribution is 7.14. The van der Waals surface area contributed by atoms with E-state index in [1.807, 2.05) is 12.1 Å². The summed E-state index contributed by atoms with van der Waals surface area (Å²) in [6.07, 6.45) is -2.20. The van der Waals surface area contributed by atoms with E-state index in [0.29, 0.717) is 23.0 Å². The summed E-state index contributed by atoms with van der Waals surface area (Å²) in [4.78, 5) is 12.1. The second-order valence-corrected chi connectivity index (χ2v) is 10.1. The van der Waals surface area contributed by atoms with Gasteiger partial charge >= 0.3 is 12.1 Å². The van der Waals surface area contributed by atoms with Gasteiger partial charge < -0.3 is 14.2 Å². The normalized spacial score (nSPS) is 15.2. The Labute approximate surface area is 217 Å². The van der Waals surface area contributed by atoms with E-state index < -0.39 is 17.9 Å². The lowest BCUT2D eigenvalue weighted by atomic mass is 9.91. The number of hydrogen-bond acceptors (Lipinski definition) is 5. The summed E-state index contributed by atoms with van der Waals surface area (Å²) in [7, 11) is 2.77. The molecule has 0 bridgehead atoms. The van der Waals surface area contributed by atoms with Gasteiger partial charge in [-0.25, -0.2) is 4.39 Å². The second kappa shape index (κ2) is 11.1. The van der Waals surface area contributed by atoms with Crippen LogP contribution in [0.3, 0.4) is 0 Å². The Morgan fingerprint density at radius 1 is 1.11 bits per heavy atom. The van der Waals surface area contributed by atoms with Crippen molar-refractivity contribution < 1.29 is 36.6 Å². The number of benzene rings is 2. The number of methoxy groups -OCH3 is 2. The molecule has 4 rings (SSSR count). The highest BCUT2D eigenvalue weighted by atomic mass is 32.1. The fraction of sp³-hybridized carbons (Fsp3) is 0.393. The summed E-state index contributed by atoms with van der Waals surface area (Å²) in [6, 6.07) is 11.3. The molecular weight excluding hydrogens is 508 g/mol. The molecule has 4 nitrogen and oxygen atoms in total. The van der Waals surface area contributed by atoms with Crippen molar-refractivity contribution >= 4 is 17.3 Å². The molecule has 0 spiro atoms. The topological polar surface area (TPSA) is 44.8 Å². The summed E-state index contributed by atoms with van der Waals surface area (Å²) in [5.74, 6) is -1.52. The number of esters is 1. The van der Waals surface area contributed by atoms with Gasteiger partial charge in [0, 0.05) is 16.0 Å². The maximum absolute atomic E-state index is 14.7. The smallest absolute Gasteiger partial charge is 0.395 e. The zero-order valence-electron chi connectivity index (χ0n) is 20.7. The predicted octanol–water partition coefficient (Wildman–Crippen LogP) is 7.86. The quantitative estimate of drug-likeness (QED) is 0.195. The van der Waals surface area contributed by atoms with Crippen molar-refractivity contribution in [3.8, 4) is 21.9 Å². The molecule has 1 unspecified atom stereocenters. The zero-order chi connectivity index (χ0) is 26.7. The Balaban J connectivity index is 1.63. The Kier molecular flexibility index (Phi) is 8.11. The lowest BCUT2D eigenvalue weighted by Crippen LogP contribution is -2.19. The third-order valence-corrected chi connectivity index (χ3v) is 7.82. The first-order valence-corrected chi connectivity index (χ1v) is 12.8. The summed E-state index contributed by atoms with van der Waals surface area (Å²) < 4.78 is 72.2. The van der Waals surface area contributed by atoms with Gasteiger partial charge in [-0.1, -0.05) is 12.1 Å². The van der Waals surface area contributed by atoms with Gasteiger partial charge in [0.05, 0.1) is 26.6 Å². The van der Waals surface area contributed by atoms with Crippen LogP contribution in [0.15, 0.2) is 47.8 Å². The summed E-state index contributed by atoms with van der Waals surface area (Å²) in [6.45, 7) is 0.952. The van der Waals surface area contributed by atoms with Crippen molar-refractivity contribution in [2.45, 2.75) is 50.8 Å². The molecular formula is C28H28F4O4S. The Morgan fingerprint density at radius 3 is 2.51 bits per heavy atom. The molecule has 2 atom stereocenters. The van der Waals surface area contributed by atoms with Crippen molar-refractivity contribution in [1.82, 2.24) is 0 Å². The van der Waals surface area contributed by atoms with Gasteiger partial charge in [-0.3, -0.25) is 4.79 Å². The summed E-state index contributed by atoms with van der Waals surface area (Å²) in [5, 5.41) is 1.58. The van der Waals surface area contributed by atoms with Crippen LogP contribution in [0.25, 0.3) is 10.4 Å². The van der Waals surface area contributed by atoms with E-state index in [-0.39, 0.29) is 40.9 Å². The average molecular weight is 537 g/mol. The van der Waals surface area contributed by atoms with Crippen LogP contribution >= 0.6 is 11.3 Å². The number of thiophene rings is 1. The van der Waals surface area contributed by atoms with E-state index >= 15 is 0 Å². The average Bonchev–Trinajstić information content (AvgIpc) is 3.64. The van der Waals surface area contributed by atoms with Crippen molar-refractivity contribution in [3.63, 3.8) is 0 Å². The number of hydrogen-bond donors (Lipinski definition) is 0. The minimum Gasteiger partial charge on any atom is -0.497 e. The first kappa shape index (κ1) is 27.0. The van der Waals surface area contributed by atoms with E-state index in [9.17, 15) is 22.4 Å². The van der Waals surface area contributed by atoms with Crippen LogP contribution in [0.5, 0.6) is 11.5 Å². The Morgan fingerprint density at radius 2 is 1.86 bits per heavy atom. The minimum atomic E-state index is -4.52. The van der Waals surface area contributed by atoms with Gasteiger partial charge in [0.2, 0.25) is 0 Å². The van der Waals surface area contributed by atoms with Gasteiger partial charge in [-0.2, -0.15) is 13.2 Å². The minimum absolute atomic E-state index is 0.000555. The molecule has 9 heteroatoms. The number of carbonyl (C=O) groups is 1. The lowest BCUT2D eigenvalue weighted by molar-refractivity contribution is -0.146. The summed E-state index contributed by atoms with van der Waals surface area (Å²) in [5.41, 5.74) is 1.31. The molecule has 1 fully saturated rings. The molecule has 0 amide bonds. The molecule has 198 valence electrons.